The van der Waals surface area contributed by atoms with Crippen LogP contribution in [0.4, 0.5) is 11.5 Å². The Morgan fingerprint density at radius 1 is 1.14 bits per heavy atom. The molecule has 1 aliphatic rings. The summed E-state index contributed by atoms with van der Waals surface area (Å²) in [6.07, 6.45) is 1.84. The van der Waals surface area contributed by atoms with Gasteiger partial charge in [0.2, 0.25) is 11.8 Å². The molecule has 1 saturated heterocycles. The van der Waals surface area contributed by atoms with Gasteiger partial charge in [-0.1, -0.05) is 23.8 Å². The molecule has 6 heteroatoms. The summed E-state index contributed by atoms with van der Waals surface area (Å²) < 4.78 is 0. The van der Waals surface area contributed by atoms with Gasteiger partial charge in [0.25, 0.3) is 0 Å². The Labute approximate surface area is 168 Å². The third-order valence-corrected chi connectivity index (χ3v) is 5.92. The second kappa shape index (κ2) is 7.56. The summed E-state index contributed by atoms with van der Waals surface area (Å²) in [5, 5.41) is 4.87. The minimum absolute atomic E-state index is 0.0420. The van der Waals surface area contributed by atoms with Crippen LogP contribution in [0.2, 0.25) is 0 Å². The number of amides is 2. The van der Waals surface area contributed by atoms with Crippen LogP contribution in [0.25, 0.3) is 0 Å². The van der Waals surface area contributed by atoms with Crippen molar-refractivity contribution in [2.24, 2.45) is 5.92 Å². The van der Waals surface area contributed by atoms with Gasteiger partial charge in [-0.05, 0) is 55.1 Å². The van der Waals surface area contributed by atoms with Crippen LogP contribution in [0, 0.1) is 19.8 Å². The molecule has 3 heterocycles. The lowest BCUT2D eigenvalue weighted by molar-refractivity contribution is -0.122. The fourth-order valence-corrected chi connectivity index (χ4v) is 4.47. The summed E-state index contributed by atoms with van der Waals surface area (Å²) in [5.41, 5.74) is 2.96. The second-order valence-electron chi connectivity index (χ2n) is 7.08. The van der Waals surface area contributed by atoms with E-state index in [4.69, 9.17) is 0 Å². The minimum Gasteiger partial charge on any atom is -0.310 e. The van der Waals surface area contributed by atoms with Crippen molar-refractivity contribution in [3.8, 4) is 0 Å². The average molecular weight is 391 g/mol. The first-order valence-corrected chi connectivity index (χ1v) is 10.1. The monoisotopic (exact) mass is 391 g/mol. The van der Waals surface area contributed by atoms with Crippen LogP contribution in [0.3, 0.4) is 0 Å². The zero-order valence-electron chi connectivity index (χ0n) is 15.8. The number of aromatic nitrogens is 1. The van der Waals surface area contributed by atoms with Gasteiger partial charge in [-0.2, -0.15) is 0 Å². The molecule has 0 spiro atoms. The Hall–Kier alpha value is -2.99. The van der Waals surface area contributed by atoms with Crippen molar-refractivity contribution >= 4 is 34.7 Å². The van der Waals surface area contributed by atoms with Crippen LogP contribution >= 0.6 is 11.3 Å². The molecule has 0 bridgehead atoms. The Morgan fingerprint density at radius 2 is 1.93 bits per heavy atom. The van der Waals surface area contributed by atoms with E-state index in [1.165, 1.54) is 0 Å². The third kappa shape index (κ3) is 3.55. The van der Waals surface area contributed by atoms with Crippen molar-refractivity contribution in [2.75, 3.05) is 10.2 Å². The van der Waals surface area contributed by atoms with E-state index in [-0.39, 0.29) is 24.3 Å². The summed E-state index contributed by atoms with van der Waals surface area (Å²) in [4.78, 5) is 33.0. The van der Waals surface area contributed by atoms with E-state index < -0.39 is 5.92 Å². The van der Waals surface area contributed by atoms with Crippen molar-refractivity contribution < 1.29 is 9.59 Å². The number of carbonyl (C=O) groups is 2. The molecule has 1 fully saturated rings. The van der Waals surface area contributed by atoms with E-state index in [0.717, 1.165) is 21.7 Å². The molecule has 0 aliphatic carbocycles. The number of nitrogens with zero attached hydrogens (tertiary/aromatic N) is 2. The van der Waals surface area contributed by atoms with Gasteiger partial charge in [-0.25, -0.2) is 4.98 Å². The quantitative estimate of drug-likeness (QED) is 0.713. The van der Waals surface area contributed by atoms with Crippen molar-refractivity contribution in [1.29, 1.82) is 0 Å². The topological polar surface area (TPSA) is 62.3 Å². The molecule has 2 aromatic heterocycles. The Kier molecular flexibility index (Phi) is 4.96. The first kappa shape index (κ1) is 18.4. The maximum Gasteiger partial charge on any atom is 0.231 e. The van der Waals surface area contributed by atoms with Crippen molar-refractivity contribution in [3.63, 3.8) is 0 Å². The van der Waals surface area contributed by atoms with Crippen LogP contribution in [-0.4, -0.2) is 16.8 Å². The maximum absolute atomic E-state index is 13.1. The highest BCUT2D eigenvalue weighted by Gasteiger charge is 2.45. The van der Waals surface area contributed by atoms with Crippen LogP contribution in [0.1, 0.15) is 28.5 Å². The number of benzene rings is 1. The smallest absolute Gasteiger partial charge is 0.231 e. The van der Waals surface area contributed by atoms with E-state index in [0.29, 0.717) is 5.82 Å². The first-order chi connectivity index (χ1) is 13.5. The summed E-state index contributed by atoms with van der Waals surface area (Å²) in [5.74, 6) is -0.190. The highest BCUT2D eigenvalue weighted by atomic mass is 32.1. The number of aryl methyl sites for hydroxylation is 2. The van der Waals surface area contributed by atoms with Crippen LogP contribution in [0.5, 0.6) is 0 Å². The molecule has 1 N–H and O–H groups in total. The largest absolute Gasteiger partial charge is 0.310 e. The van der Waals surface area contributed by atoms with E-state index in [9.17, 15) is 9.59 Å². The molecule has 1 aromatic carbocycles. The van der Waals surface area contributed by atoms with Gasteiger partial charge in [-0.3, -0.25) is 9.59 Å². The van der Waals surface area contributed by atoms with E-state index >= 15 is 0 Å². The van der Waals surface area contributed by atoms with E-state index in [1.54, 1.807) is 22.4 Å². The zero-order chi connectivity index (χ0) is 19.7. The lowest BCUT2D eigenvalue weighted by Gasteiger charge is -2.27. The summed E-state index contributed by atoms with van der Waals surface area (Å²) >= 11 is 1.56. The lowest BCUT2D eigenvalue weighted by atomic mass is 9.97. The van der Waals surface area contributed by atoms with Crippen molar-refractivity contribution in [1.82, 2.24) is 4.98 Å². The highest BCUT2D eigenvalue weighted by Crippen LogP contribution is 2.43. The van der Waals surface area contributed by atoms with Gasteiger partial charge >= 0.3 is 0 Å². The Bertz CT molecular complexity index is 999. The average Bonchev–Trinajstić information content (AvgIpc) is 3.30. The molecule has 5 nitrogen and oxygen atoms in total. The minimum atomic E-state index is -0.477. The molecular weight excluding hydrogens is 370 g/mol. The van der Waals surface area contributed by atoms with Gasteiger partial charge in [0.15, 0.2) is 0 Å². The van der Waals surface area contributed by atoms with Crippen LogP contribution in [0.15, 0.2) is 60.1 Å². The number of pyridine rings is 1. The van der Waals surface area contributed by atoms with Crippen LogP contribution in [-0.2, 0) is 9.59 Å². The molecule has 1 aliphatic heterocycles. The number of thiophene rings is 1. The zero-order valence-corrected chi connectivity index (χ0v) is 16.6. The molecule has 3 aromatic rings. The first-order valence-electron chi connectivity index (χ1n) is 9.18. The van der Waals surface area contributed by atoms with Gasteiger partial charge in [0.05, 0.1) is 12.0 Å². The van der Waals surface area contributed by atoms with Gasteiger partial charge < -0.3 is 10.2 Å². The van der Waals surface area contributed by atoms with Gasteiger partial charge in [0.1, 0.15) is 5.82 Å². The molecule has 0 radical (unpaired) electrons. The summed E-state index contributed by atoms with van der Waals surface area (Å²) in [7, 11) is 0. The molecule has 4 rings (SSSR count). The molecular formula is C22H21N3O2S. The molecule has 2 amide bonds. The number of rotatable bonds is 4. The SMILES string of the molecule is Cc1ccc(N2C(=O)CC(C(=O)Nc3cc(C)ccn3)C2c2cccs2)cc1. The Balaban J connectivity index is 1.67. The fourth-order valence-electron chi connectivity index (χ4n) is 3.59. The highest BCUT2D eigenvalue weighted by molar-refractivity contribution is 7.10. The number of carbonyl (C=O) groups excluding carboxylic acids is 2. The van der Waals surface area contributed by atoms with Crippen molar-refractivity contribution in [2.45, 2.75) is 26.3 Å². The number of hydrogen-bond acceptors (Lipinski definition) is 4. The van der Waals surface area contributed by atoms with Crippen LogP contribution < -0.4 is 10.2 Å². The molecule has 0 saturated carbocycles. The number of nitrogens with one attached hydrogen (secondary N) is 1. The van der Waals surface area contributed by atoms with Gasteiger partial charge in [-0.15, -0.1) is 11.3 Å². The predicted octanol–water partition coefficient (Wildman–Crippen LogP) is 4.49. The van der Waals surface area contributed by atoms with E-state index in [2.05, 4.69) is 10.3 Å². The molecule has 142 valence electrons. The molecule has 28 heavy (non-hydrogen) atoms. The normalized spacial score (nSPS) is 19.1. The van der Waals surface area contributed by atoms with E-state index in [1.807, 2.05) is 67.8 Å². The number of anilines is 2. The summed E-state index contributed by atoms with van der Waals surface area (Å²) in [6, 6.07) is 15.2. The lowest BCUT2D eigenvalue weighted by Crippen LogP contribution is -2.32. The predicted molar refractivity (Wildman–Crippen MR) is 111 cm³/mol. The maximum atomic E-state index is 13.1. The van der Waals surface area contributed by atoms with Gasteiger partial charge in [0, 0.05) is 23.2 Å². The fraction of sp³-hybridized carbons (Fsp3) is 0.227. The second-order valence-corrected chi connectivity index (χ2v) is 8.06. The summed E-state index contributed by atoms with van der Waals surface area (Å²) in [6.45, 7) is 3.96. The standard InChI is InChI=1S/C22H21N3O2S/c1-14-5-7-16(8-6-14)25-20(26)13-17(21(25)18-4-3-11-28-18)22(27)24-19-12-15(2)9-10-23-19/h3-12,17,21H,13H2,1-2H3,(H,23,24,27). The van der Waals surface area contributed by atoms with Crippen molar-refractivity contribution in [3.05, 3.63) is 76.1 Å². The number of hydrogen-bond donors (Lipinski definition) is 1. The Morgan fingerprint density at radius 3 is 2.61 bits per heavy atom. The third-order valence-electron chi connectivity index (χ3n) is 4.97. The molecule has 2 atom stereocenters. The molecule has 2 unspecified atom stereocenters.